The van der Waals surface area contributed by atoms with Crippen molar-refractivity contribution in [1.82, 2.24) is 14.5 Å². The number of thiophene rings is 1. The van der Waals surface area contributed by atoms with Gasteiger partial charge in [0, 0.05) is 17.5 Å². The zero-order valence-corrected chi connectivity index (χ0v) is 18.2. The molecule has 0 aliphatic carbocycles. The number of methoxy groups -OCH3 is 1. The molecule has 0 radical (unpaired) electrons. The summed E-state index contributed by atoms with van der Waals surface area (Å²) in [5.74, 6) is 1.39. The number of nitriles is 1. The van der Waals surface area contributed by atoms with Crippen LogP contribution in [0.1, 0.15) is 11.4 Å². The maximum absolute atomic E-state index is 13.4. The van der Waals surface area contributed by atoms with Crippen molar-refractivity contribution in [3.05, 3.63) is 81.7 Å². The number of ether oxygens (including phenoxy) is 1. The molecule has 0 aliphatic rings. The molecule has 0 saturated heterocycles. The molecule has 0 saturated carbocycles. The van der Waals surface area contributed by atoms with Crippen LogP contribution in [-0.4, -0.2) is 28.6 Å². The Morgan fingerprint density at radius 1 is 1.16 bits per heavy atom. The number of aromatic nitrogens is 2. The highest BCUT2D eigenvalue weighted by atomic mass is 32.1. The first kappa shape index (κ1) is 20.8. The molecule has 0 bridgehead atoms. The van der Waals surface area contributed by atoms with Gasteiger partial charge < -0.3 is 4.74 Å². The second-order valence-corrected chi connectivity index (χ2v) is 8.15. The number of hydrogen-bond acceptors (Lipinski definition) is 6. The fourth-order valence-electron chi connectivity index (χ4n) is 3.63. The predicted octanol–water partition coefficient (Wildman–Crippen LogP) is 4.29. The lowest BCUT2D eigenvalue weighted by Gasteiger charge is -2.19. The molecule has 0 aliphatic heterocycles. The average Bonchev–Trinajstić information content (AvgIpc) is 3.21. The van der Waals surface area contributed by atoms with E-state index >= 15 is 0 Å². The fraction of sp³-hybridized carbons (Fsp3) is 0.208. The quantitative estimate of drug-likeness (QED) is 0.437. The van der Waals surface area contributed by atoms with Crippen LogP contribution in [0.15, 0.2) is 64.8 Å². The molecule has 156 valence electrons. The van der Waals surface area contributed by atoms with E-state index in [4.69, 9.17) is 9.72 Å². The highest BCUT2D eigenvalue weighted by Crippen LogP contribution is 2.31. The van der Waals surface area contributed by atoms with E-state index in [0.717, 1.165) is 22.4 Å². The van der Waals surface area contributed by atoms with E-state index in [0.29, 0.717) is 29.1 Å². The molecule has 31 heavy (non-hydrogen) atoms. The lowest BCUT2D eigenvalue weighted by Crippen LogP contribution is -2.29. The smallest absolute Gasteiger partial charge is 0.263 e. The van der Waals surface area contributed by atoms with Crippen molar-refractivity contribution in [2.75, 3.05) is 14.2 Å². The number of nitrogens with zero attached hydrogens (tertiary/aromatic N) is 4. The summed E-state index contributed by atoms with van der Waals surface area (Å²) in [6.07, 6.45) is 0. The molecule has 0 amide bonds. The van der Waals surface area contributed by atoms with Crippen molar-refractivity contribution in [2.45, 2.75) is 19.6 Å². The molecular weight excluding hydrogens is 408 g/mol. The van der Waals surface area contributed by atoms with Crippen LogP contribution < -0.4 is 10.3 Å². The van der Waals surface area contributed by atoms with Gasteiger partial charge in [-0.05, 0) is 30.3 Å². The van der Waals surface area contributed by atoms with Crippen LogP contribution in [0.5, 0.6) is 5.75 Å². The first-order valence-corrected chi connectivity index (χ1v) is 10.7. The summed E-state index contributed by atoms with van der Waals surface area (Å²) in [6.45, 7) is 1.08. The fourth-order valence-corrected chi connectivity index (χ4v) is 4.59. The summed E-state index contributed by atoms with van der Waals surface area (Å²) in [6, 6.07) is 19.8. The first-order chi connectivity index (χ1) is 15.1. The Morgan fingerprint density at radius 2 is 1.97 bits per heavy atom. The Kier molecular flexibility index (Phi) is 6.12. The molecular formula is C24H22N4O2S. The SMILES string of the molecule is COc1cccc(CN(C)Cc2nc3scc(-c4ccccc4)c3c(=O)n2CC#N)c1. The Labute approximate surface area is 184 Å². The number of rotatable bonds is 7. The van der Waals surface area contributed by atoms with E-state index < -0.39 is 0 Å². The van der Waals surface area contributed by atoms with Gasteiger partial charge in [-0.1, -0.05) is 42.5 Å². The summed E-state index contributed by atoms with van der Waals surface area (Å²) in [5.41, 5.74) is 2.76. The van der Waals surface area contributed by atoms with Gasteiger partial charge in [0.1, 0.15) is 22.9 Å². The first-order valence-electron chi connectivity index (χ1n) is 9.85. The van der Waals surface area contributed by atoms with Gasteiger partial charge in [-0.25, -0.2) is 4.98 Å². The monoisotopic (exact) mass is 430 g/mol. The van der Waals surface area contributed by atoms with E-state index in [1.54, 1.807) is 7.11 Å². The molecule has 7 heteroatoms. The molecule has 0 unspecified atom stereocenters. The maximum Gasteiger partial charge on any atom is 0.263 e. The summed E-state index contributed by atoms with van der Waals surface area (Å²) < 4.78 is 6.79. The van der Waals surface area contributed by atoms with E-state index in [2.05, 4.69) is 11.0 Å². The van der Waals surface area contributed by atoms with Gasteiger partial charge in [-0.3, -0.25) is 14.3 Å². The Morgan fingerprint density at radius 3 is 2.71 bits per heavy atom. The Balaban J connectivity index is 1.70. The van der Waals surface area contributed by atoms with Gasteiger partial charge in [-0.15, -0.1) is 11.3 Å². The summed E-state index contributed by atoms with van der Waals surface area (Å²) in [7, 11) is 3.61. The topological polar surface area (TPSA) is 71.2 Å². The van der Waals surface area contributed by atoms with Crippen molar-refractivity contribution in [2.24, 2.45) is 0 Å². The molecule has 2 heterocycles. The van der Waals surface area contributed by atoms with E-state index in [-0.39, 0.29) is 12.1 Å². The third-order valence-corrected chi connectivity index (χ3v) is 5.96. The zero-order valence-electron chi connectivity index (χ0n) is 17.4. The second-order valence-electron chi connectivity index (χ2n) is 7.30. The predicted molar refractivity (Wildman–Crippen MR) is 123 cm³/mol. The maximum atomic E-state index is 13.4. The lowest BCUT2D eigenvalue weighted by molar-refractivity contribution is 0.303. The molecule has 0 atom stereocenters. The van der Waals surface area contributed by atoms with Gasteiger partial charge in [0.15, 0.2) is 0 Å². The minimum absolute atomic E-state index is 0.0335. The van der Waals surface area contributed by atoms with Crippen LogP contribution >= 0.6 is 11.3 Å². The van der Waals surface area contributed by atoms with E-state index in [1.807, 2.05) is 67.0 Å². The van der Waals surface area contributed by atoms with Crippen LogP contribution in [0.3, 0.4) is 0 Å². The van der Waals surface area contributed by atoms with Gasteiger partial charge in [0.05, 0.1) is 25.1 Å². The molecule has 4 rings (SSSR count). The van der Waals surface area contributed by atoms with E-state index in [9.17, 15) is 10.1 Å². The molecule has 4 aromatic rings. The molecule has 2 aromatic heterocycles. The Bertz CT molecular complexity index is 1300. The normalized spacial score (nSPS) is 11.0. The van der Waals surface area contributed by atoms with Gasteiger partial charge in [0.2, 0.25) is 0 Å². The van der Waals surface area contributed by atoms with Crippen molar-refractivity contribution < 1.29 is 4.74 Å². The minimum atomic E-state index is -0.170. The number of benzene rings is 2. The van der Waals surface area contributed by atoms with Crippen molar-refractivity contribution in [3.8, 4) is 22.9 Å². The molecule has 0 fully saturated rings. The molecule has 6 nitrogen and oxygen atoms in total. The minimum Gasteiger partial charge on any atom is -0.497 e. The lowest BCUT2D eigenvalue weighted by atomic mass is 10.1. The van der Waals surface area contributed by atoms with E-state index in [1.165, 1.54) is 15.9 Å². The molecule has 0 spiro atoms. The number of hydrogen-bond donors (Lipinski definition) is 0. The highest BCUT2D eigenvalue weighted by Gasteiger charge is 2.18. The zero-order chi connectivity index (χ0) is 21.8. The summed E-state index contributed by atoms with van der Waals surface area (Å²) in [5, 5.41) is 11.9. The number of fused-ring (bicyclic) bond motifs is 1. The average molecular weight is 431 g/mol. The third kappa shape index (κ3) is 4.36. The van der Waals surface area contributed by atoms with Crippen LogP contribution in [-0.2, 0) is 19.6 Å². The summed E-state index contributed by atoms with van der Waals surface area (Å²) >= 11 is 1.46. The van der Waals surface area contributed by atoms with Crippen molar-refractivity contribution in [1.29, 1.82) is 5.26 Å². The largest absolute Gasteiger partial charge is 0.497 e. The van der Waals surface area contributed by atoms with Gasteiger partial charge in [-0.2, -0.15) is 5.26 Å². The van der Waals surface area contributed by atoms with Gasteiger partial charge in [0.25, 0.3) is 5.56 Å². The third-order valence-electron chi connectivity index (χ3n) is 5.08. The van der Waals surface area contributed by atoms with Crippen LogP contribution in [0.25, 0.3) is 21.3 Å². The second kappa shape index (κ2) is 9.13. The standard InChI is InChI=1S/C24H22N4O2S/c1-27(14-17-7-6-10-19(13-17)30-2)15-21-26-23-22(24(29)28(21)12-11-25)20(16-31-23)18-8-4-3-5-9-18/h3-10,13,16H,12,14-15H2,1-2H3. The van der Waals surface area contributed by atoms with Crippen LogP contribution in [0, 0.1) is 11.3 Å². The molecule has 0 N–H and O–H groups in total. The van der Waals surface area contributed by atoms with Crippen LogP contribution in [0.4, 0.5) is 0 Å². The van der Waals surface area contributed by atoms with Crippen molar-refractivity contribution in [3.63, 3.8) is 0 Å². The summed E-state index contributed by atoms with van der Waals surface area (Å²) in [4.78, 5) is 20.9. The Hall–Kier alpha value is -3.47. The van der Waals surface area contributed by atoms with Crippen LogP contribution in [0.2, 0.25) is 0 Å². The highest BCUT2D eigenvalue weighted by molar-refractivity contribution is 7.17. The van der Waals surface area contributed by atoms with Gasteiger partial charge >= 0.3 is 0 Å². The van der Waals surface area contributed by atoms with Crippen molar-refractivity contribution >= 4 is 21.6 Å². The molecule has 2 aromatic carbocycles.